The first-order valence-corrected chi connectivity index (χ1v) is 11.9. The summed E-state index contributed by atoms with van der Waals surface area (Å²) in [5.41, 5.74) is -0.228. The van der Waals surface area contributed by atoms with Crippen LogP contribution in [0.3, 0.4) is 0 Å². The lowest BCUT2D eigenvalue weighted by molar-refractivity contribution is -0.140. The molecule has 2 N–H and O–H groups in total. The Balaban J connectivity index is 0.000000724. The van der Waals surface area contributed by atoms with Gasteiger partial charge in [-0.3, -0.25) is 14.5 Å². The van der Waals surface area contributed by atoms with Crippen molar-refractivity contribution in [2.45, 2.75) is 56.3 Å². The summed E-state index contributed by atoms with van der Waals surface area (Å²) in [6, 6.07) is 5.55. The highest BCUT2D eigenvalue weighted by molar-refractivity contribution is 5.87. The average molecular weight is 461 g/mol. The molecule has 33 heavy (non-hydrogen) atoms. The van der Waals surface area contributed by atoms with Crippen LogP contribution < -0.4 is 14.2 Å². The molecule has 1 saturated carbocycles. The van der Waals surface area contributed by atoms with Crippen LogP contribution in [0.5, 0.6) is 17.2 Å². The van der Waals surface area contributed by atoms with Gasteiger partial charge in [0.1, 0.15) is 17.4 Å². The number of carboxylic acid groups (broad SMARTS) is 1. The number of carbonyl (C=O) groups is 2. The summed E-state index contributed by atoms with van der Waals surface area (Å²) in [4.78, 5) is 26.4. The van der Waals surface area contributed by atoms with E-state index >= 15 is 0 Å². The van der Waals surface area contributed by atoms with Crippen LogP contribution in [-0.4, -0.2) is 83.1 Å². The fraction of sp³-hybridized carbons (Fsp3) is 0.667. The predicted molar refractivity (Wildman–Crippen MR) is 117 cm³/mol. The lowest BCUT2D eigenvalue weighted by atomic mass is 9.78. The number of nitrogens with zero attached hydrogens (tertiary/aromatic N) is 2. The molecule has 4 atom stereocenters. The monoisotopic (exact) mass is 460 g/mol. The summed E-state index contributed by atoms with van der Waals surface area (Å²) in [5, 5.41) is 17.7. The fourth-order valence-electron chi connectivity index (χ4n) is 6.56. The van der Waals surface area contributed by atoms with Gasteiger partial charge in [0.25, 0.3) is 6.47 Å². The molecule has 1 aliphatic carbocycles. The first-order chi connectivity index (χ1) is 16.0. The quantitative estimate of drug-likeness (QED) is 0.657. The van der Waals surface area contributed by atoms with Crippen LogP contribution >= 0.6 is 0 Å². The normalized spacial score (nSPS) is 31.4. The molecule has 0 bridgehead atoms. The number of hydrogen-bond acceptors (Lipinski definition) is 7. The van der Waals surface area contributed by atoms with Crippen LogP contribution in [0.15, 0.2) is 18.2 Å². The second-order valence-corrected chi connectivity index (χ2v) is 9.77. The molecule has 0 unspecified atom stereocenters. The van der Waals surface area contributed by atoms with E-state index in [9.17, 15) is 9.90 Å². The highest BCUT2D eigenvalue weighted by Crippen LogP contribution is 2.44. The maximum absolute atomic E-state index is 13.5. The molecule has 0 radical (unpaired) electrons. The second kappa shape index (κ2) is 9.02. The molecule has 1 aromatic carbocycles. The molecule has 6 rings (SSSR count). The molecule has 9 nitrogen and oxygen atoms in total. The molecule has 4 aliphatic heterocycles. The summed E-state index contributed by atoms with van der Waals surface area (Å²) in [6.45, 7) is 3.70. The number of hydrogen-bond donors (Lipinski definition) is 2. The van der Waals surface area contributed by atoms with Gasteiger partial charge in [0.15, 0.2) is 11.5 Å². The van der Waals surface area contributed by atoms with Gasteiger partial charge in [-0.05, 0) is 75.6 Å². The van der Waals surface area contributed by atoms with Crippen LogP contribution in [0.25, 0.3) is 0 Å². The number of benzene rings is 1. The fourth-order valence-corrected chi connectivity index (χ4v) is 6.56. The van der Waals surface area contributed by atoms with E-state index in [1.54, 1.807) is 0 Å². The first-order valence-electron chi connectivity index (χ1n) is 11.9. The zero-order chi connectivity index (χ0) is 23.0. The van der Waals surface area contributed by atoms with Crippen molar-refractivity contribution in [3.05, 3.63) is 18.2 Å². The van der Waals surface area contributed by atoms with Gasteiger partial charge in [-0.15, -0.1) is 0 Å². The molecular formula is C24H32N2O7. The predicted octanol–water partition coefficient (Wildman–Crippen LogP) is 1.72. The highest BCUT2D eigenvalue weighted by atomic mass is 16.7. The molecule has 180 valence electrons. The average Bonchev–Trinajstić information content (AvgIpc) is 3.56. The Morgan fingerprint density at radius 2 is 1.76 bits per heavy atom. The Kier molecular flexibility index (Phi) is 6.09. The third-order valence-corrected chi connectivity index (χ3v) is 8.04. The number of ether oxygens (including phenoxy) is 3. The van der Waals surface area contributed by atoms with Crippen molar-refractivity contribution in [3.63, 3.8) is 0 Å². The summed E-state index contributed by atoms with van der Waals surface area (Å²) in [6.07, 6.45) is 4.99. The highest BCUT2D eigenvalue weighted by Gasteiger charge is 2.54. The van der Waals surface area contributed by atoms with Crippen LogP contribution in [0.4, 0.5) is 0 Å². The minimum atomic E-state index is -0.514. The van der Waals surface area contributed by atoms with E-state index in [4.69, 9.17) is 24.1 Å². The zero-order valence-electron chi connectivity index (χ0n) is 18.7. The Bertz CT molecular complexity index is 884. The Hall–Kier alpha value is -2.52. The molecule has 1 aromatic rings. The number of carbonyl (C=O) groups excluding carboxylic acids is 1. The summed E-state index contributed by atoms with van der Waals surface area (Å²) in [7, 11) is 0. The Morgan fingerprint density at radius 3 is 2.48 bits per heavy atom. The largest absolute Gasteiger partial charge is 0.488 e. The van der Waals surface area contributed by atoms with E-state index in [-0.39, 0.29) is 24.9 Å². The van der Waals surface area contributed by atoms with E-state index < -0.39 is 6.10 Å². The molecule has 0 spiro atoms. The van der Waals surface area contributed by atoms with Crippen molar-refractivity contribution in [1.29, 1.82) is 0 Å². The van der Waals surface area contributed by atoms with Crippen molar-refractivity contribution >= 4 is 12.4 Å². The van der Waals surface area contributed by atoms with E-state index in [0.29, 0.717) is 35.7 Å². The van der Waals surface area contributed by atoms with Gasteiger partial charge in [-0.1, -0.05) is 0 Å². The standard InChI is InChI=1S/C23H30N2O5.CH2O2/c26-18-9-15-12-24(22(27)23-5-1-7-25(23)8-2-6-23)13-16(15)10-20(18)30-17-3-4-19-21(11-17)29-14-28-19;2-1-3/h3-4,11,15-16,18,20,26H,1-2,5-10,12-14H2;1H,(H,2,3)/t15-,16+,18+,20+;/m0./s1. The van der Waals surface area contributed by atoms with Crippen molar-refractivity contribution in [2.24, 2.45) is 11.8 Å². The van der Waals surface area contributed by atoms with Crippen molar-refractivity contribution in [1.82, 2.24) is 9.80 Å². The van der Waals surface area contributed by atoms with Gasteiger partial charge in [-0.25, -0.2) is 0 Å². The van der Waals surface area contributed by atoms with Crippen LogP contribution in [0.1, 0.15) is 38.5 Å². The SMILES string of the molecule is O=C(N1C[C@H]2C[C@@H](Oc3ccc4c(c3)OCO4)[C@H](O)C[C@H]2C1)C12CCCN1CCC2.O=CO. The summed E-state index contributed by atoms with van der Waals surface area (Å²) in [5.74, 6) is 3.21. The molecular weight excluding hydrogens is 428 g/mol. The van der Waals surface area contributed by atoms with Gasteiger partial charge >= 0.3 is 0 Å². The van der Waals surface area contributed by atoms with Crippen LogP contribution in [0.2, 0.25) is 0 Å². The van der Waals surface area contributed by atoms with E-state index in [1.807, 2.05) is 18.2 Å². The third-order valence-electron chi connectivity index (χ3n) is 8.04. The molecule has 3 saturated heterocycles. The van der Waals surface area contributed by atoms with E-state index in [1.165, 1.54) is 0 Å². The number of likely N-dealkylation sites (tertiary alicyclic amines) is 1. The summed E-state index contributed by atoms with van der Waals surface area (Å²) < 4.78 is 17.0. The smallest absolute Gasteiger partial charge is 0.290 e. The minimum Gasteiger partial charge on any atom is -0.488 e. The van der Waals surface area contributed by atoms with Crippen molar-refractivity contribution in [3.8, 4) is 17.2 Å². The first kappa shape index (κ1) is 22.3. The topological polar surface area (TPSA) is 109 Å². The Labute approximate surface area is 193 Å². The molecule has 5 aliphatic rings. The van der Waals surface area contributed by atoms with Crippen LogP contribution in [-0.2, 0) is 9.59 Å². The lowest BCUT2D eigenvalue weighted by Crippen LogP contribution is -2.53. The van der Waals surface area contributed by atoms with Crippen molar-refractivity contribution in [2.75, 3.05) is 33.0 Å². The molecule has 9 heteroatoms. The zero-order valence-corrected chi connectivity index (χ0v) is 18.7. The van der Waals surface area contributed by atoms with Gasteiger partial charge < -0.3 is 29.3 Å². The van der Waals surface area contributed by atoms with Gasteiger partial charge in [0.05, 0.1) is 6.10 Å². The van der Waals surface area contributed by atoms with Crippen molar-refractivity contribution < 1.29 is 34.0 Å². The molecule has 1 amide bonds. The van der Waals surface area contributed by atoms with Gasteiger partial charge in [0.2, 0.25) is 12.7 Å². The summed E-state index contributed by atoms with van der Waals surface area (Å²) >= 11 is 0. The number of aliphatic hydroxyl groups is 1. The number of aliphatic hydroxyl groups excluding tert-OH is 1. The van der Waals surface area contributed by atoms with E-state index in [2.05, 4.69) is 9.80 Å². The Morgan fingerprint density at radius 1 is 1.09 bits per heavy atom. The molecule has 4 fully saturated rings. The van der Waals surface area contributed by atoms with Gasteiger partial charge in [0, 0.05) is 19.2 Å². The lowest BCUT2D eigenvalue weighted by Gasteiger charge is -2.35. The number of fused-ring (bicyclic) bond motifs is 3. The maximum atomic E-state index is 13.5. The van der Waals surface area contributed by atoms with Gasteiger partial charge in [-0.2, -0.15) is 0 Å². The minimum absolute atomic E-state index is 0.228. The maximum Gasteiger partial charge on any atom is 0.290 e. The van der Waals surface area contributed by atoms with Crippen LogP contribution in [0, 0.1) is 11.8 Å². The number of rotatable bonds is 3. The number of amides is 1. The molecule has 0 aromatic heterocycles. The third kappa shape index (κ3) is 4.01. The second-order valence-electron chi connectivity index (χ2n) is 9.77. The molecule has 4 heterocycles. The van der Waals surface area contributed by atoms with E-state index in [0.717, 1.165) is 64.0 Å².